The lowest BCUT2D eigenvalue weighted by Gasteiger charge is -2.15. The van der Waals surface area contributed by atoms with E-state index < -0.39 is 17.9 Å². The number of Topliss-reactive ketones (excluding diaryl/α,β-unsaturated/α-hetero) is 1. The summed E-state index contributed by atoms with van der Waals surface area (Å²) in [5.41, 5.74) is 6.26. The van der Waals surface area contributed by atoms with Crippen LogP contribution in [-0.4, -0.2) is 30.7 Å². The van der Waals surface area contributed by atoms with Gasteiger partial charge >= 0.3 is 6.09 Å². The van der Waals surface area contributed by atoms with E-state index in [2.05, 4.69) is 5.32 Å². The Bertz CT molecular complexity index is 462. The predicted octanol–water partition coefficient (Wildman–Crippen LogP) is 1.63. The number of amides is 1. The van der Waals surface area contributed by atoms with Crippen molar-refractivity contribution in [2.75, 3.05) is 6.54 Å². The molecule has 114 valence electrons. The zero-order valence-corrected chi connectivity index (χ0v) is 11.9. The second kappa shape index (κ2) is 9.66. The molecule has 0 aliphatic heterocycles. The number of ketones is 1. The van der Waals surface area contributed by atoms with E-state index in [0.717, 1.165) is 12.0 Å². The van der Waals surface area contributed by atoms with Gasteiger partial charge in [-0.25, -0.2) is 4.79 Å². The fraction of sp³-hybridized carbons (Fsp3) is 0.400. The highest BCUT2D eigenvalue weighted by atomic mass is 16.5. The topological polar surface area (TPSA) is 105 Å². The maximum absolute atomic E-state index is 11.7. The summed E-state index contributed by atoms with van der Waals surface area (Å²) < 4.78 is 5.06. The van der Waals surface area contributed by atoms with E-state index in [1.54, 1.807) is 0 Å². The lowest BCUT2D eigenvalue weighted by molar-refractivity contribution is -0.114. The number of nitrogens with two attached hydrogens (primary N) is 1. The Kier molecular flexibility index (Phi) is 7.74. The number of hydrogen-bond acceptors (Lipinski definition) is 5. The number of hydrogen-bond donors (Lipinski definition) is 3. The molecule has 0 radical (unpaired) electrons. The molecule has 6 heteroatoms. The van der Waals surface area contributed by atoms with Crippen LogP contribution in [0.2, 0.25) is 0 Å². The number of benzene rings is 1. The summed E-state index contributed by atoms with van der Waals surface area (Å²) in [6, 6.07) is 8.54. The fourth-order valence-corrected chi connectivity index (χ4v) is 1.79. The Hall–Kier alpha value is -2.21. The fourth-order valence-electron chi connectivity index (χ4n) is 1.79. The van der Waals surface area contributed by atoms with Crippen molar-refractivity contribution >= 4 is 18.1 Å². The van der Waals surface area contributed by atoms with Crippen molar-refractivity contribution in [3.8, 4) is 0 Å². The zero-order valence-electron chi connectivity index (χ0n) is 11.9. The number of rotatable bonds is 9. The van der Waals surface area contributed by atoms with Crippen LogP contribution in [-0.2, 0) is 16.1 Å². The summed E-state index contributed by atoms with van der Waals surface area (Å²) in [6.07, 6.45) is 1.98. The molecule has 0 aromatic heterocycles. The first kappa shape index (κ1) is 16.8. The van der Waals surface area contributed by atoms with Gasteiger partial charge in [0.2, 0.25) is 0 Å². The molecule has 0 unspecified atom stereocenters. The van der Waals surface area contributed by atoms with Gasteiger partial charge in [0, 0.05) is 0 Å². The third-order valence-electron chi connectivity index (χ3n) is 2.94. The molecule has 6 nitrogen and oxygen atoms in total. The van der Waals surface area contributed by atoms with Crippen molar-refractivity contribution in [1.29, 1.82) is 5.41 Å². The van der Waals surface area contributed by atoms with E-state index in [-0.39, 0.29) is 6.61 Å². The van der Waals surface area contributed by atoms with Gasteiger partial charge in [-0.15, -0.1) is 0 Å². The summed E-state index contributed by atoms with van der Waals surface area (Å²) in [6.45, 7) is 0.672. The first-order valence-corrected chi connectivity index (χ1v) is 6.89. The molecule has 1 aromatic carbocycles. The van der Waals surface area contributed by atoms with Gasteiger partial charge in [0.05, 0.1) is 12.3 Å². The van der Waals surface area contributed by atoms with E-state index >= 15 is 0 Å². The standard InChI is InChI=1S/C15H21N3O3/c16-9-5-4-8-13(14(19)10-17)18-15(20)21-11-12-6-2-1-3-7-12/h1-3,6-7,10,13,17H,4-5,8-9,11,16H2,(H,18,20)/t13-/m0/s1. The van der Waals surface area contributed by atoms with Crippen molar-refractivity contribution in [3.05, 3.63) is 35.9 Å². The molecule has 0 saturated carbocycles. The monoisotopic (exact) mass is 291 g/mol. The average molecular weight is 291 g/mol. The Morgan fingerprint density at radius 2 is 2.00 bits per heavy atom. The molecule has 0 aliphatic carbocycles. The Morgan fingerprint density at radius 1 is 1.29 bits per heavy atom. The van der Waals surface area contributed by atoms with Gasteiger partial charge in [-0.3, -0.25) is 4.79 Å². The van der Waals surface area contributed by atoms with Crippen molar-refractivity contribution < 1.29 is 14.3 Å². The molecular weight excluding hydrogens is 270 g/mol. The number of nitrogens with one attached hydrogen (secondary N) is 2. The van der Waals surface area contributed by atoms with Crippen LogP contribution in [0.5, 0.6) is 0 Å². The van der Waals surface area contributed by atoms with Crippen LogP contribution in [0.1, 0.15) is 24.8 Å². The summed E-state index contributed by atoms with van der Waals surface area (Å²) in [5.74, 6) is -0.441. The summed E-state index contributed by atoms with van der Waals surface area (Å²) in [7, 11) is 0. The van der Waals surface area contributed by atoms with Gasteiger partial charge in [0.1, 0.15) is 6.61 Å². The molecule has 0 heterocycles. The van der Waals surface area contributed by atoms with Gasteiger partial charge in [0.25, 0.3) is 0 Å². The highest BCUT2D eigenvalue weighted by Crippen LogP contribution is 2.04. The summed E-state index contributed by atoms with van der Waals surface area (Å²) in [4.78, 5) is 23.3. The van der Waals surface area contributed by atoms with Gasteiger partial charge in [-0.05, 0) is 31.4 Å². The predicted molar refractivity (Wildman–Crippen MR) is 80.2 cm³/mol. The van der Waals surface area contributed by atoms with Gasteiger partial charge < -0.3 is 21.2 Å². The third-order valence-corrected chi connectivity index (χ3v) is 2.94. The zero-order chi connectivity index (χ0) is 15.5. The largest absolute Gasteiger partial charge is 0.445 e. The molecule has 1 rings (SSSR count). The van der Waals surface area contributed by atoms with Crippen LogP contribution in [0.25, 0.3) is 0 Å². The maximum Gasteiger partial charge on any atom is 0.408 e. The normalized spacial score (nSPS) is 11.5. The highest BCUT2D eigenvalue weighted by molar-refractivity contribution is 6.29. The van der Waals surface area contributed by atoms with Crippen LogP contribution in [0.3, 0.4) is 0 Å². The minimum absolute atomic E-state index is 0.140. The van der Waals surface area contributed by atoms with E-state index in [1.807, 2.05) is 30.3 Å². The molecule has 0 spiro atoms. The van der Waals surface area contributed by atoms with E-state index in [1.165, 1.54) is 0 Å². The van der Waals surface area contributed by atoms with Crippen molar-refractivity contribution in [1.82, 2.24) is 5.32 Å². The van der Waals surface area contributed by atoms with Crippen molar-refractivity contribution in [2.45, 2.75) is 31.9 Å². The molecular formula is C15H21N3O3. The van der Waals surface area contributed by atoms with Gasteiger partial charge in [-0.1, -0.05) is 30.3 Å². The minimum Gasteiger partial charge on any atom is -0.445 e. The second-order valence-corrected chi connectivity index (χ2v) is 4.59. The number of carbonyl (C=O) groups is 2. The van der Waals surface area contributed by atoms with E-state index in [9.17, 15) is 9.59 Å². The molecule has 1 atom stereocenters. The molecule has 0 bridgehead atoms. The lowest BCUT2D eigenvalue weighted by Crippen LogP contribution is -2.41. The first-order chi connectivity index (χ1) is 10.2. The van der Waals surface area contributed by atoms with Crippen LogP contribution >= 0.6 is 0 Å². The second-order valence-electron chi connectivity index (χ2n) is 4.59. The number of ether oxygens (including phenoxy) is 1. The van der Waals surface area contributed by atoms with Crippen LogP contribution < -0.4 is 11.1 Å². The van der Waals surface area contributed by atoms with Gasteiger partial charge in [0.15, 0.2) is 5.78 Å². The highest BCUT2D eigenvalue weighted by Gasteiger charge is 2.19. The summed E-state index contributed by atoms with van der Waals surface area (Å²) >= 11 is 0. The Labute approximate surface area is 124 Å². The molecule has 4 N–H and O–H groups in total. The average Bonchev–Trinajstić information content (AvgIpc) is 2.52. The van der Waals surface area contributed by atoms with E-state index in [0.29, 0.717) is 25.6 Å². The Morgan fingerprint density at radius 3 is 2.62 bits per heavy atom. The third kappa shape index (κ3) is 6.67. The quantitative estimate of drug-likeness (QED) is 0.475. The molecule has 1 aromatic rings. The van der Waals surface area contributed by atoms with Crippen LogP contribution in [0, 0.1) is 5.41 Å². The molecule has 0 aliphatic rings. The number of carbonyl (C=O) groups excluding carboxylic acids is 2. The SMILES string of the molecule is N=CC(=O)[C@H](CCCCN)NC(=O)OCc1ccccc1. The summed E-state index contributed by atoms with van der Waals surface area (Å²) in [5, 5.41) is 9.50. The molecule has 0 fully saturated rings. The number of alkyl carbamates (subject to hydrolysis) is 1. The van der Waals surface area contributed by atoms with Crippen LogP contribution in [0.4, 0.5) is 4.79 Å². The minimum atomic E-state index is -0.725. The van der Waals surface area contributed by atoms with Crippen LogP contribution in [0.15, 0.2) is 30.3 Å². The molecule has 21 heavy (non-hydrogen) atoms. The van der Waals surface area contributed by atoms with Gasteiger partial charge in [-0.2, -0.15) is 0 Å². The van der Waals surface area contributed by atoms with Crippen molar-refractivity contribution in [2.24, 2.45) is 5.73 Å². The number of unbranched alkanes of at least 4 members (excludes halogenated alkanes) is 1. The molecule has 1 amide bonds. The molecule has 0 saturated heterocycles. The van der Waals surface area contributed by atoms with E-state index in [4.69, 9.17) is 15.9 Å². The maximum atomic E-state index is 11.7. The first-order valence-electron chi connectivity index (χ1n) is 6.89. The smallest absolute Gasteiger partial charge is 0.408 e. The van der Waals surface area contributed by atoms with Crippen molar-refractivity contribution in [3.63, 3.8) is 0 Å². The lowest BCUT2D eigenvalue weighted by atomic mass is 10.1. The Balaban J connectivity index is 2.43.